The third kappa shape index (κ3) is 4.05. The van der Waals surface area contributed by atoms with E-state index in [-0.39, 0.29) is 6.71 Å². The molecule has 6 aromatic rings. The summed E-state index contributed by atoms with van der Waals surface area (Å²) in [6, 6.07) is 50.5. The van der Waals surface area contributed by atoms with Gasteiger partial charge in [0.05, 0.1) is 0 Å². The van der Waals surface area contributed by atoms with Gasteiger partial charge in [0.1, 0.15) is 0 Å². The summed E-state index contributed by atoms with van der Waals surface area (Å²) in [5, 5.41) is 11.6. The van der Waals surface area contributed by atoms with Gasteiger partial charge in [0.15, 0.2) is 8.80 Å². The topological polar surface area (TPSA) is 50.1 Å². The Hall–Kier alpha value is -5.00. The van der Waals surface area contributed by atoms with Crippen LogP contribution in [0.5, 0.6) is 0 Å². The van der Waals surface area contributed by atoms with Crippen molar-refractivity contribution in [1.82, 2.24) is 0 Å². The minimum atomic E-state index is -1.20. The summed E-state index contributed by atoms with van der Waals surface area (Å²) < 4.78 is 0. The van der Waals surface area contributed by atoms with Gasteiger partial charge >= 0.3 is 0 Å². The Balaban J connectivity index is 1.32. The molecule has 0 saturated carbocycles. The predicted octanol–water partition coefficient (Wildman–Crippen LogP) is 4.08. The Bertz CT molecular complexity index is 1870. The van der Waals surface area contributed by atoms with Crippen molar-refractivity contribution < 1.29 is 0 Å². The first-order valence-corrected chi connectivity index (χ1v) is 15.5. The van der Waals surface area contributed by atoms with E-state index in [9.17, 15) is 0 Å². The van der Waals surface area contributed by atoms with Crippen molar-refractivity contribution in [3.63, 3.8) is 0 Å². The number of nitrogen functional groups attached to an aromatic ring is 1. The van der Waals surface area contributed by atoms with Crippen LogP contribution in [0.3, 0.4) is 0 Å². The van der Waals surface area contributed by atoms with Crippen molar-refractivity contribution in [3.8, 4) is 11.1 Å². The Kier molecular flexibility index (Phi) is 5.57. The molecule has 0 bridgehead atoms. The summed E-state index contributed by atoms with van der Waals surface area (Å²) in [4.78, 5) is 0. The van der Waals surface area contributed by atoms with Crippen LogP contribution in [0.2, 0.25) is 0 Å². The molecule has 1 radical (unpaired) electrons. The standard InChI is InChI=1S/C36H27BN3Si/c38-26-21-34-36-35(22-26)40-33-20-25(24-10-4-1-5-11-24)16-18-30(33)37(36)31-23-29(17-19-32(31)39-34)41(27-12-6-2-7-13-27)28-14-8-3-9-15-28/h1-23,39-40H,38H2. The molecule has 0 saturated heterocycles. The number of anilines is 5. The molecule has 2 aliphatic rings. The lowest BCUT2D eigenvalue weighted by Gasteiger charge is -2.36. The summed E-state index contributed by atoms with van der Waals surface area (Å²) in [6.07, 6.45) is 0. The van der Waals surface area contributed by atoms with Crippen LogP contribution in [0, 0.1) is 0 Å². The van der Waals surface area contributed by atoms with Gasteiger partial charge < -0.3 is 16.4 Å². The number of nitrogens with one attached hydrogen (secondary N) is 2. The minimum Gasteiger partial charge on any atom is -0.399 e. The molecule has 0 atom stereocenters. The molecular weight excluding hydrogens is 513 g/mol. The Morgan fingerprint density at radius 3 is 1.73 bits per heavy atom. The van der Waals surface area contributed by atoms with Gasteiger partial charge in [0.25, 0.3) is 6.71 Å². The third-order valence-corrected chi connectivity index (χ3v) is 11.0. The van der Waals surface area contributed by atoms with Gasteiger partial charge in [0.2, 0.25) is 0 Å². The highest BCUT2D eigenvalue weighted by molar-refractivity contribution is 7.01. The van der Waals surface area contributed by atoms with Crippen molar-refractivity contribution in [3.05, 3.63) is 140 Å². The molecule has 193 valence electrons. The van der Waals surface area contributed by atoms with Crippen molar-refractivity contribution in [2.75, 3.05) is 16.4 Å². The average Bonchev–Trinajstić information content (AvgIpc) is 3.02. The first-order valence-electron chi connectivity index (χ1n) is 14.0. The van der Waals surface area contributed by atoms with Gasteiger partial charge in [0, 0.05) is 28.4 Å². The summed E-state index contributed by atoms with van der Waals surface area (Å²) in [5.41, 5.74) is 17.9. The zero-order chi connectivity index (χ0) is 27.3. The van der Waals surface area contributed by atoms with Crippen molar-refractivity contribution in [2.24, 2.45) is 0 Å². The van der Waals surface area contributed by atoms with E-state index >= 15 is 0 Å². The number of hydrogen-bond acceptors (Lipinski definition) is 3. The molecule has 0 aliphatic carbocycles. The molecule has 8 rings (SSSR count). The summed E-state index contributed by atoms with van der Waals surface area (Å²) in [7, 11) is -1.20. The predicted molar refractivity (Wildman–Crippen MR) is 178 cm³/mol. The molecule has 0 aromatic heterocycles. The normalized spacial score (nSPS) is 12.6. The van der Waals surface area contributed by atoms with Crippen LogP contribution < -0.4 is 48.3 Å². The first kappa shape index (κ1) is 23.9. The molecule has 0 spiro atoms. The van der Waals surface area contributed by atoms with E-state index in [1.165, 1.54) is 43.1 Å². The van der Waals surface area contributed by atoms with Gasteiger partial charge in [-0.3, -0.25) is 0 Å². The van der Waals surface area contributed by atoms with Gasteiger partial charge in [-0.25, -0.2) is 0 Å². The number of benzene rings is 6. The van der Waals surface area contributed by atoms with E-state index in [1.54, 1.807) is 0 Å². The summed E-state index contributed by atoms with van der Waals surface area (Å²) in [6.45, 7) is 0.104. The molecule has 0 amide bonds. The maximum atomic E-state index is 6.41. The fraction of sp³-hybridized carbons (Fsp3) is 0. The highest BCUT2D eigenvalue weighted by atomic mass is 28.3. The summed E-state index contributed by atoms with van der Waals surface area (Å²) >= 11 is 0. The molecule has 0 fully saturated rings. The van der Waals surface area contributed by atoms with Crippen molar-refractivity contribution in [2.45, 2.75) is 0 Å². The molecule has 2 heterocycles. The average molecular weight is 541 g/mol. The SMILES string of the molecule is Nc1cc2c3c(c1)Nc1ccc([Si](c4ccccc4)c4ccccc4)cc1B3c1ccc(-c3ccccc3)cc1N2. The Morgan fingerprint density at radius 1 is 0.463 bits per heavy atom. The molecule has 2 aliphatic heterocycles. The van der Waals surface area contributed by atoms with Crippen LogP contribution in [-0.4, -0.2) is 15.5 Å². The van der Waals surface area contributed by atoms with Crippen LogP contribution in [0.25, 0.3) is 11.1 Å². The maximum absolute atomic E-state index is 6.41. The number of nitrogens with two attached hydrogens (primary N) is 1. The molecule has 6 aromatic carbocycles. The quantitative estimate of drug-likeness (QED) is 0.179. The second kappa shape index (κ2) is 9.58. The van der Waals surface area contributed by atoms with Gasteiger partial charge in [-0.15, -0.1) is 0 Å². The largest absolute Gasteiger partial charge is 0.399 e. The molecule has 4 N–H and O–H groups in total. The van der Waals surface area contributed by atoms with Gasteiger partial charge in [-0.05, 0) is 51.8 Å². The van der Waals surface area contributed by atoms with E-state index in [2.05, 4.69) is 150 Å². The smallest absolute Gasteiger partial charge is 0.252 e. The van der Waals surface area contributed by atoms with Crippen LogP contribution in [0.15, 0.2) is 140 Å². The first-order chi connectivity index (χ1) is 20.2. The van der Waals surface area contributed by atoms with E-state index in [0.717, 1.165) is 28.4 Å². The van der Waals surface area contributed by atoms with Gasteiger partial charge in [-0.2, -0.15) is 0 Å². The third-order valence-electron chi connectivity index (χ3n) is 8.28. The summed E-state index contributed by atoms with van der Waals surface area (Å²) in [5.74, 6) is 0. The highest BCUT2D eigenvalue weighted by Crippen LogP contribution is 2.33. The Morgan fingerprint density at radius 2 is 1.07 bits per heavy atom. The highest BCUT2D eigenvalue weighted by Gasteiger charge is 2.38. The van der Waals surface area contributed by atoms with Gasteiger partial charge in [-0.1, -0.05) is 131 Å². The number of rotatable bonds is 4. The lowest BCUT2D eigenvalue weighted by atomic mass is 9.34. The monoisotopic (exact) mass is 540 g/mol. The van der Waals surface area contributed by atoms with Crippen molar-refractivity contribution >= 4 is 75.9 Å². The van der Waals surface area contributed by atoms with Crippen LogP contribution in [0.1, 0.15) is 0 Å². The molecular formula is C36H27BN3Si. The lowest BCUT2D eigenvalue weighted by molar-refractivity contribution is 1.51. The number of fused-ring (bicyclic) bond motifs is 4. The maximum Gasteiger partial charge on any atom is 0.252 e. The van der Waals surface area contributed by atoms with Crippen LogP contribution >= 0.6 is 0 Å². The Labute approximate surface area is 242 Å². The van der Waals surface area contributed by atoms with E-state index < -0.39 is 8.80 Å². The van der Waals surface area contributed by atoms with E-state index in [1.807, 2.05) is 0 Å². The zero-order valence-electron chi connectivity index (χ0n) is 22.4. The molecule has 0 unspecified atom stereocenters. The van der Waals surface area contributed by atoms with Crippen molar-refractivity contribution in [1.29, 1.82) is 0 Å². The second-order valence-electron chi connectivity index (χ2n) is 10.8. The van der Waals surface area contributed by atoms with Crippen LogP contribution in [-0.2, 0) is 0 Å². The fourth-order valence-corrected chi connectivity index (χ4v) is 9.07. The van der Waals surface area contributed by atoms with E-state index in [4.69, 9.17) is 5.73 Å². The number of hydrogen-bond donors (Lipinski definition) is 3. The second-order valence-corrected chi connectivity index (χ2v) is 13.3. The lowest BCUT2D eigenvalue weighted by Crippen LogP contribution is -2.61. The molecule has 41 heavy (non-hydrogen) atoms. The molecule has 3 nitrogen and oxygen atoms in total. The molecule has 5 heteroatoms. The van der Waals surface area contributed by atoms with Crippen LogP contribution in [0.4, 0.5) is 28.4 Å². The minimum absolute atomic E-state index is 0.104. The fourth-order valence-electron chi connectivity index (χ4n) is 6.47. The van der Waals surface area contributed by atoms with E-state index in [0.29, 0.717) is 0 Å². The zero-order valence-corrected chi connectivity index (χ0v) is 23.4.